The Bertz CT molecular complexity index is 992. The van der Waals surface area contributed by atoms with E-state index in [0.717, 1.165) is 48.1 Å². The summed E-state index contributed by atoms with van der Waals surface area (Å²) in [5.74, 6) is 0.483. The van der Waals surface area contributed by atoms with Gasteiger partial charge in [0.2, 0.25) is 0 Å². The maximum absolute atomic E-state index is 11.6. The van der Waals surface area contributed by atoms with E-state index in [2.05, 4.69) is 11.9 Å². The van der Waals surface area contributed by atoms with Crippen molar-refractivity contribution in [2.45, 2.75) is 32.7 Å². The molecule has 150 valence electrons. The van der Waals surface area contributed by atoms with Crippen LogP contribution in [0.5, 0.6) is 0 Å². The van der Waals surface area contributed by atoms with Crippen LogP contribution < -0.4 is 0 Å². The lowest BCUT2D eigenvalue weighted by Gasteiger charge is -2.10. The molecule has 0 spiro atoms. The number of esters is 1. The molecule has 0 aliphatic rings. The third-order valence-electron chi connectivity index (χ3n) is 4.84. The van der Waals surface area contributed by atoms with Gasteiger partial charge in [-0.3, -0.25) is 4.79 Å². The lowest BCUT2D eigenvalue weighted by atomic mass is 10.0. The third kappa shape index (κ3) is 4.74. The van der Waals surface area contributed by atoms with E-state index in [-0.39, 0.29) is 11.1 Å². The molecule has 0 N–H and O–H groups in total. The third-order valence-corrected chi connectivity index (χ3v) is 5.12. The van der Waals surface area contributed by atoms with Gasteiger partial charge in [-0.25, -0.2) is 9.78 Å². The summed E-state index contributed by atoms with van der Waals surface area (Å²) in [5, 5.41) is 0.258. The van der Waals surface area contributed by atoms with Crippen LogP contribution in [0.2, 0.25) is 5.15 Å². The van der Waals surface area contributed by atoms with E-state index < -0.39 is 0 Å². The molecule has 0 radical (unpaired) electrons. The molecule has 0 bridgehead atoms. The molecule has 0 fully saturated rings. The number of rotatable bonds is 8. The number of carbonyl (C=O) groups is 2. The van der Waals surface area contributed by atoms with Crippen molar-refractivity contribution in [3.63, 3.8) is 0 Å². The van der Waals surface area contributed by atoms with Crippen molar-refractivity contribution < 1.29 is 14.3 Å². The van der Waals surface area contributed by atoms with Gasteiger partial charge in [0.1, 0.15) is 11.5 Å². The number of aldehydes is 1. The molecule has 0 amide bonds. The molecular formula is C23H23ClN2O3. The van der Waals surface area contributed by atoms with Crippen LogP contribution in [-0.4, -0.2) is 28.9 Å². The van der Waals surface area contributed by atoms with Crippen LogP contribution in [0.15, 0.2) is 48.5 Å². The molecule has 29 heavy (non-hydrogen) atoms. The second kappa shape index (κ2) is 9.52. The summed E-state index contributed by atoms with van der Waals surface area (Å²) < 4.78 is 6.62. The van der Waals surface area contributed by atoms with Crippen molar-refractivity contribution in [1.82, 2.24) is 9.55 Å². The molecule has 2 aromatic carbocycles. The van der Waals surface area contributed by atoms with E-state index in [1.807, 2.05) is 41.0 Å². The zero-order valence-electron chi connectivity index (χ0n) is 16.5. The Morgan fingerprint density at radius 2 is 1.72 bits per heavy atom. The number of aromatic nitrogens is 2. The molecule has 3 aromatic rings. The van der Waals surface area contributed by atoms with Crippen LogP contribution in [0.4, 0.5) is 0 Å². The summed E-state index contributed by atoms with van der Waals surface area (Å²) in [6, 6.07) is 15.4. The Kier molecular flexibility index (Phi) is 6.83. The summed E-state index contributed by atoms with van der Waals surface area (Å²) in [4.78, 5) is 27.4. The number of hydrogen-bond donors (Lipinski definition) is 0. The van der Waals surface area contributed by atoms with Crippen molar-refractivity contribution in [2.24, 2.45) is 0 Å². The first-order chi connectivity index (χ1) is 14.1. The zero-order chi connectivity index (χ0) is 20.8. The molecule has 0 saturated heterocycles. The monoisotopic (exact) mass is 410 g/mol. The van der Waals surface area contributed by atoms with Gasteiger partial charge >= 0.3 is 5.97 Å². The van der Waals surface area contributed by atoms with E-state index in [0.29, 0.717) is 17.8 Å². The predicted molar refractivity (Wildman–Crippen MR) is 114 cm³/mol. The average molecular weight is 411 g/mol. The van der Waals surface area contributed by atoms with E-state index >= 15 is 0 Å². The number of methoxy groups -OCH3 is 1. The minimum absolute atomic E-state index is 0.258. The lowest BCUT2D eigenvalue weighted by molar-refractivity contribution is 0.0600. The second-order valence-corrected chi connectivity index (χ2v) is 7.14. The summed E-state index contributed by atoms with van der Waals surface area (Å²) in [6.45, 7) is 2.65. The molecule has 3 rings (SSSR count). The SMILES string of the molecule is CCCCc1nc(Cl)c(C=O)n1Cc1ccc(-c2ccc(C(=O)OC)cc2)cc1. The molecule has 5 nitrogen and oxygen atoms in total. The normalized spacial score (nSPS) is 10.7. The Morgan fingerprint density at radius 3 is 2.28 bits per heavy atom. The fourth-order valence-corrected chi connectivity index (χ4v) is 3.44. The molecule has 0 aliphatic heterocycles. The van der Waals surface area contributed by atoms with Gasteiger partial charge in [-0.1, -0.05) is 61.3 Å². The minimum atomic E-state index is -0.351. The Morgan fingerprint density at radius 1 is 1.10 bits per heavy atom. The minimum Gasteiger partial charge on any atom is -0.465 e. The van der Waals surface area contributed by atoms with Gasteiger partial charge in [0.25, 0.3) is 0 Å². The van der Waals surface area contributed by atoms with Gasteiger partial charge in [0, 0.05) is 13.0 Å². The standard InChI is InChI=1S/C23H23ClN2O3/c1-3-4-5-21-25-22(24)20(15-27)26(21)14-16-6-8-17(9-7-16)18-10-12-19(13-11-18)23(28)29-2/h6-13,15H,3-5,14H2,1-2H3. The number of aryl methyl sites for hydroxylation is 1. The first-order valence-corrected chi connectivity index (χ1v) is 9.93. The summed E-state index contributed by atoms with van der Waals surface area (Å²) in [7, 11) is 1.37. The molecule has 6 heteroatoms. The largest absolute Gasteiger partial charge is 0.465 e. The average Bonchev–Trinajstić information content (AvgIpc) is 3.06. The number of nitrogens with zero attached hydrogens (tertiary/aromatic N) is 2. The summed E-state index contributed by atoms with van der Waals surface area (Å²) in [6.07, 6.45) is 3.59. The number of halogens is 1. The maximum atomic E-state index is 11.6. The molecule has 0 unspecified atom stereocenters. The highest BCUT2D eigenvalue weighted by Gasteiger charge is 2.15. The van der Waals surface area contributed by atoms with E-state index in [9.17, 15) is 9.59 Å². The number of hydrogen-bond acceptors (Lipinski definition) is 4. The Hall–Kier alpha value is -2.92. The van der Waals surface area contributed by atoms with Crippen molar-refractivity contribution in [1.29, 1.82) is 0 Å². The van der Waals surface area contributed by atoms with Crippen LogP contribution in [0.25, 0.3) is 11.1 Å². The fraction of sp³-hybridized carbons (Fsp3) is 0.261. The molecule has 1 aromatic heterocycles. The predicted octanol–water partition coefficient (Wildman–Crippen LogP) is 5.19. The lowest BCUT2D eigenvalue weighted by Crippen LogP contribution is -2.08. The van der Waals surface area contributed by atoms with Crippen LogP contribution in [0, 0.1) is 0 Å². The van der Waals surface area contributed by atoms with Crippen molar-refractivity contribution in [3.05, 3.63) is 76.3 Å². The van der Waals surface area contributed by atoms with Crippen LogP contribution in [0.3, 0.4) is 0 Å². The van der Waals surface area contributed by atoms with E-state index in [4.69, 9.17) is 16.3 Å². The van der Waals surface area contributed by atoms with E-state index in [1.165, 1.54) is 7.11 Å². The van der Waals surface area contributed by atoms with Gasteiger partial charge in [-0.2, -0.15) is 0 Å². The molecule has 0 aliphatic carbocycles. The van der Waals surface area contributed by atoms with Crippen LogP contribution in [0.1, 0.15) is 52.0 Å². The van der Waals surface area contributed by atoms with Gasteiger partial charge < -0.3 is 9.30 Å². The fourth-order valence-electron chi connectivity index (χ4n) is 3.20. The first kappa shape index (κ1) is 20.8. The number of benzene rings is 2. The van der Waals surface area contributed by atoms with Crippen molar-refractivity contribution in [2.75, 3.05) is 7.11 Å². The topological polar surface area (TPSA) is 61.2 Å². The summed E-state index contributed by atoms with van der Waals surface area (Å²) >= 11 is 6.15. The molecule has 1 heterocycles. The quantitative estimate of drug-likeness (QED) is 0.378. The van der Waals surface area contributed by atoms with Gasteiger partial charge in [-0.15, -0.1) is 0 Å². The van der Waals surface area contributed by atoms with Gasteiger partial charge in [-0.05, 0) is 35.2 Å². The first-order valence-electron chi connectivity index (χ1n) is 9.55. The highest BCUT2D eigenvalue weighted by atomic mass is 35.5. The maximum Gasteiger partial charge on any atom is 0.337 e. The molecular weight excluding hydrogens is 388 g/mol. The zero-order valence-corrected chi connectivity index (χ0v) is 17.3. The van der Waals surface area contributed by atoms with Crippen LogP contribution in [-0.2, 0) is 17.7 Å². The van der Waals surface area contributed by atoms with Gasteiger partial charge in [0.05, 0.1) is 12.7 Å². The van der Waals surface area contributed by atoms with Crippen molar-refractivity contribution in [3.8, 4) is 11.1 Å². The molecule has 0 saturated carbocycles. The van der Waals surface area contributed by atoms with E-state index in [1.54, 1.807) is 12.1 Å². The Labute approximate surface area is 175 Å². The number of imidazole rings is 1. The number of carbonyl (C=O) groups excluding carboxylic acids is 2. The summed E-state index contributed by atoms with van der Waals surface area (Å²) in [5.41, 5.74) is 4.03. The highest BCUT2D eigenvalue weighted by Crippen LogP contribution is 2.23. The number of ether oxygens (including phenoxy) is 1. The second-order valence-electron chi connectivity index (χ2n) is 6.78. The van der Waals surface area contributed by atoms with Crippen molar-refractivity contribution >= 4 is 23.9 Å². The van der Waals surface area contributed by atoms with Gasteiger partial charge in [0.15, 0.2) is 11.4 Å². The molecule has 0 atom stereocenters. The number of unbranched alkanes of at least 4 members (excludes halogenated alkanes) is 1. The Balaban J connectivity index is 1.81. The van der Waals surface area contributed by atoms with Crippen LogP contribution >= 0.6 is 11.6 Å². The smallest absolute Gasteiger partial charge is 0.337 e. The highest BCUT2D eigenvalue weighted by molar-refractivity contribution is 6.31.